The highest BCUT2D eigenvalue weighted by molar-refractivity contribution is 7.22. The summed E-state index contributed by atoms with van der Waals surface area (Å²) in [6, 6.07) is 23.4. The van der Waals surface area contributed by atoms with Crippen molar-refractivity contribution in [2.45, 2.75) is 26.2 Å². The fraction of sp³-hybridized carbons (Fsp3) is 0.143. The predicted molar refractivity (Wildman–Crippen MR) is 134 cm³/mol. The van der Waals surface area contributed by atoms with Gasteiger partial charge in [0.25, 0.3) is 0 Å². The van der Waals surface area contributed by atoms with Crippen molar-refractivity contribution in [1.82, 2.24) is 9.97 Å². The molecule has 0 N–H and O–H groups in total. The molecule has 0 radical (unpaired) electrons. The number of aromatic nitrogens is 2. The summed E-state index contributed by atoms with van der Waals surface area (Å²) in [5.74, 6) is 0. The van der Waals surface area contributed by atoms with Gasteiger partial charge in [-0.25, -0.2) is 4.98 Å². The number of furan rings is 1. The van der Waals surface area contributed by atoms with E-state index in [0.717, 1.165) is 38.3 Å². The maximum Gasteiger partial charge on any atom is 0.152 e. The molecule has 0 spiro atoms. The second kappa shape index (κ2) is 7.01. The first-order valence-corrected chi connectivity index (χ1v) is 11.6. The summed E-state index contributed by atoms with van der Waals surface area (Å²) < 4.78 is 6.66. The molecule has 0 saturated carbocycles. The van der Waals surface area contributed by atoms with Crippen molar-refractivity contribution in [3.63, 3.8) is 0 Å². The molecule has 0 amide bonds. The maximum absolute atomic E-state index is 5.45. The summed E-state index contributed by atoms with van der Waals surface area (Å²) in [6.07, 6.45) is 3.59. The van der Waals surface area contributed by atoms with Gasteiger partial charge in [0.05, 0.1) is 22.5 Å². The number of rotatable bonds is 2. The Morgan fingerprint density at radius 1 is 0.875 bits per heavy atom. The standard InChI is InChI=1S/C28H22N2OS/c1-28(2,3)21-15-18(14-17-6-4-5-7-19(17)21)27-20-16-26(32-25(20)10-12-29-27)23-8-9-24-22(30-23)11-13-31-24/h4-16H,1-3H3. The van der Waals surface area contributed by atoms with Crippen LogP contribution in [0.4, 0.5) is 0 Å². The van der Waals surface area contributed by atoms with Crippen molar-refractivity contribution < 1.29 is 4.42 Å². The summed E-state index contributed by atoms with van der Waals surface area (Å²) in [5.41, 5.74) is 6.19. The molecular formula is C28H22N2OS. The van der Waals surface area contributed by atoms with Crippen molar-refractivity contribution in [1.29, 1.82) is 0 Å². The number of fused-ring (bicyclic) bond motifs is 3. The van der Waals surface area contributed by atoms with Gasteiger partial charge in [0.1, 0.15) is 5.52 Å². The third-order valence-electron chi connectivity index (χ3n) is 5.95. The molecule has 0 unspecified atom stereocenters. The van der Waals surface area contributed by atoms with Gasteiger partial charge in [0.15, 0.2) is 5.58 Å². The van der Waals surface area contributed by atoms with E-state index >= 15 is 0 Å². The molecule has 3 nitrogen and oxygen atoms in total. The minimum Gasteiger partial charge on any atom is -0.463 e. The van der Waals surface area contributed by atoms with Gasteiger partial charge in [-0.1, -0.05) is 45.0 Å². The van der Waals surface area contributed by atoms with Crippen LogP contribution in [0, 0.1) is 0 Å². The average molecular weight is 435 g/mol. The lowest BCUT2D eigenvalue weighted by Gasteiger charge is -2.22. The first kappa shape index (κ1) is 19.2. The maximum atomic E-state index is 5.45. The number of hydrogen-bond acceptors (Lipinski definition) is 4. The summed E-state index contributed by atoms with van der Waals surface area (Å²) in [5, 5.41) is 3.72. The molecule has 0 fully saturated rings. The van der Waals surface area contributed by atoms with Crippen molar-refractivity contribution >= 4 is 43.3 Å². The zero-order chi connectivity index (χ0) is 21.9. The van der Waals surface area contributed by atoms with E-state index in [4.69, 9.17) is 14.4 Å². The molecule has 0 saturated heterocycles. The smallest absolute Gasteiger partial charge is 0.152 e. The zero-order valence-corrected chi connectivity index (χ0v) is 19.0. The Balaban J connectivity index is 1.56. The summed E-state index contributed by atoms with van der Waals surface area (Å²) >= 11 is 1.75. The second-order valence-electron chi connectivity index (χ2n) is 9.18. The Bertz CT molecular complexity index is 1620. The van der Waals surface area contributed by atoms with Crippen LogP contribution in [0.25, 0.3) is 53.8 Å². The van der Waals surface area contributed by atoms with Gasteiger partial charge >= 0.3 is 0 Å². The van der Waals surface area contributed by atoms with E-state index in [1.54, 1.807) is 17.6 Å². The van der Waals surface area contributed by atoms with Crippen LogP contribution in [0.15, 0.2) is 83.6 Å². The molecule has 156 valence electrons. The lowest BCUT2D eigenvalue weighted by atomic mass is 9.82. The molecule has 6 rings (SSSR count). The fourth-order valence-electron chi connectivity index (χ4n) is 4.38. The lowest BCUT2D eigenvalue weighted by molar-refractivity contribution is 0.596. The highest BCUT2D eigenvalue weighted by atomic mass is 32.1. The van der Waals surface area contributed by atoms with E-state index in [-0.39, 0.29) is 5.41 Å². The molecule has 4 aromatic heterocycles. The number of nitrogens with zero attached hydrogens (tertiary/aromatic N) is 2. The van der Waals surface area contributed by atoms with Gasteiger partial charge < -0.3 is 4.42 Å². The van der Waals surface area contributed by atoms with Gasteiger partial charge in [-0.05, 0) is 58.1 Å². The van der Waals surface area contributed by atoms with Gasteiger partial charge in [-0.3, -0.25) is 4.98 Å². The minimum atomic E-state index is 0.0350. The highest BCUT2D eigenvalue weighted by Crippen LogP contribution is 2.40. The quantitative estimate of drug-likeness (QED) is 0.275. The van der Waals surface area contributed by atoms with Crippen molar-refractivity contribution in [3.05, 3.63) is 84.8 Å². The number of hydrogen-bond donors (Lipinski definition) is 0. The molecule has 0 aliphatic rings. The predicted octanol–water partition coefficient (Wildman–Crippen LogP) is 8.22. The van der Waals surface area contributed by atoms with Crippen molar-refractivity contribution in [2.75, 3.05) is 0 Å². The summed E-state index contributed by atoms with van der Waals surface area (Å²) in [4.78, 5) is 10.7. The Morgan fingerprint density at radius 3 is 2.62 bits per heavy atom. The fourth-order valence-corrected chi connectivity index (χ4v) is 5.40. The largest absolute Gasteiger partial charge is 0.463 e. The molecule has 0 atom stereocenters. The Kier molecular flexibility index (Phi) is 4.21. The van der Waals surface area contributed by atoms with Crippen molar-refractivity contribution in [2.24, 2.45) is 0 Å². The van der Waals surface area contributed by atoms with Crippen LogP contribution in [0.3, 0.4) is 0 Å². The SMILES string of the molecule is CC(C)(C)c1cc(-c2nccc3sc(-c4ccc5occc5n4)cc23)cc2ccccc12. The molecular weight excluding hydrogens is 412 g/mol. The normalized spacial score (nSPS) is 12.2. The zero-order valence-electron chi connectivity index (χ0n) is 18.2. The van der Waals surface area contributed by atoms with Crippen molar-refractivity contribution in [3.8, 4) is 21.8 Å². The van der Waals surface area contributed by atoms with E-state index in [1.165, 1.54) is 21.0 Å². The Hall–Kier alpha value is -3.50. The van der Waals surface area contributed by atoms with E-state index < -0.39 is 0 Å². The van der Waals surface area contributed by atoms with Crippen LogP contribution < -0.4 is 0 Å². The first-order valence-electron chi connectivity index (χ1n) is 10.7. The topological polar surface area (TPSA) is 38.9 Å². The molecule has 0 bridgehead atoms. The first-order chi connectivity index (χ1) is 15.5. The van der Waals surface area contributed by atoms with Crippen LogP contribution in [-0.2, 0) is 5.41 Å². The lowest BCUT2D eigenvalue weighted by Crippen LogP contribution is -2.12. The molecule has 0 aliphatic carbocycles. The summed E-state index contributed by atoms with van der Waals surface area (Å²) in [6.45, 7) is 6.81. The van der Waals surface area contributed by atoms with E-state index in [2.05, 4.69) is 69.3 Å². The third kappa shape index (κ3) is 3.10. The van der Waals surface area contributed by atoms with Crippen LogP contribution >= 0.6 is 11.3 Å². The van der Waals surface area contributed by atoms with Crippen LogP contribution in [0.2, 0.25) is 0 Å². The number of pyridine rings is 2. The molecule has 32 heavy (non-hydrogen) atoms. The van der Waals surface area contributed by atoms with Crippen LogP contribution in [0.1, 0.15) is 26.3 Å². The monoisotopic (exact) mass is 434 g/mol. The van der Waals surface area contributed by atoms with Gasteiger partial charge in [0, 0.05) is 27.9 Å². The van der Waals surface area contributed by atoms with Gasteiger partial charge in [-0.2, -0.15) is 0 Å². The third-order valence-corrected chi connectivity index (χ3v) is 7.07. The van der Waals surface area contributed by atoms with Crippen LogP contribution in [0.5, 0.6) is 0 Å². The van der Waals surface area contributed by atoms with E-state index in [1.807, 2.05) is 24.4 Å². The van der Waals surface area contributed by atoms with Gasteiger partial charge in [-0.15, -0.1) is 11.3 Å². The molecule has 0 aliphatic heterocycles. The van der Waals surface area contributed by atoms with E-state index in [9.17, 15) is 0 Å². The molecule has 4 heterocycles. The van der Waals surface area contributed by atoms with Gasteiger partial charge in [0.2, 0.25) is 0 Å². The van der Waals surface area contributed by atoms with E-state index in [0.29, 0.717) is 0 Å². The molecule has 2 aromatic carbocycles. The number of thiophene rings is 1. The Morgan fingerprint density at radius 2 is 1.75 bits per heavy atom. The molecule has 6 aromatic rings. The van der Waals surface area contributed by atoms with Crippen LogP contribution in [-0.4, -0.2) is 9.97 Å². The second-order valence-corrected chi connectivity index (χ2v) is 10.3. The number of benzene rings is 2. The average Bonchev–Trinajstić information content (AvgIpc) is 3.43. The molecule has 4 heteroatoms. The Labute approximate surface area is 190 Å². The highest BCUT2D eigenvalue weighted by Gasteiger charge is 2.20. The minimum absolute atomic E-state index is 0.0350. The summed E-state index contributed by atoms with van der Waals surface area (Å²) in [7, 11) is 0.